The number of rotatable bonds is 7. The van der Waals surface area contributed by atoms with E-state index in [0.717, 1.165) is 10.7 Å². The number of aliphatic hydroxyl groups is 1. The number of thiazole rings is 1. The predicted octanol–water partition coefficient (Wildman–Crippen LogP) is 1.83. The van der Waals surface area contributed by atoms with Gasteiger partial charge in [0, 0.05) is 18.0 Å². The van der Waals surface area contributed by atoms with Crippen molar-refractivity contribution in [2.24, 2.45) is 0 Å². The number of carbonyl (C=O) groups excluding carboxylic acids is 1. The highest BCUT2D eigenvalue weighted by Gasteiger charge is 2.09. The molecule has 8 heteroatoms. The molecule has 2 amide bonds. The zero-order valence-electron chi connectivity index (χ0n) is 12.6. The van der Waals surface area contributed by atoms with Gasteiger partial charge < -0.3 is 20.5 Å². The van der Waals surface area contributed by atoms with E-state index in [2.05, 4.69) is 15.6 Å². The summed E-state index contributed by atoms with van der Waals surface area (Å²) in [5.74, 6) is -0.0841. The Bertz CT molecular complexity index is 650. The number of ether oxygens (including phenoxy) is 1. The minimum absolute atomic E-state index is 0.0250. The molecular formula is C15H18FN3O3S. The highest BCUT2D eigenvalue weighted by atomic mass is 32.1. The van der Waals surface area contributed by atoms with Crippen LogP contribution in [0.15, 0.2) is 29.6 Å². The van der Waals surface area contributed by atoms with E-state index in [0.29, 0.717) is 12.3 Å². The number of hydrogen-bond acceptors (Lipinski definition) is 5. The van der Waals surface area contributed by atoms with E-state index in [4.69, 9.17) is 4.74 Å². The van der Waals surface area contributed by atoms with Gasteiger partial charge in [-0.3, -0.25) is 0 Å². The van der Waals surface area contributed by atoms with Gasteiger partial charge in [-0.15, -0.1) is 11.3 Å². The molecule has 1 atom stereocenters. The first kappa shape index (κ1) is 17.2. The molecule has 0 radical (unpaired) electrons. The Morgan fingerprint density at radius 1 is 1.48 bits per heavy atom. The van der Waals surface area contributed by atoms with Gasteiger partial charge in [0.25, 0.3) is 0 Å². The van der Waals surface area contributed by atoms with Gasteiger partial charge >= 0.3 is 6.03 Å². The van der Waals surface area contributed by atoms with E-state index in [9.17, 15) is 14.3 Å². The lowest BCUT2D eigenvalue weighted by Crippen LogP contribution is -2.41. The third kappa shape index (κ3) is 6.21. The molecule has 0 saturated carbocycles. The molecule has 0 aliphatic carbocycles. The molecule has 0 bridgehead atoms. The monoisotopic (exact) mass is 339 g/mol. The Balaban J connectivity index is 1.63. The number of carbonyl (C=O) groups is 1. The molecule has 1 heterocycles. The maximum atomic E-state index is 13.0. The lowest BCUT2D eigenvalue weighted by Gasteiger charge is -2.13. The summed E-state index contributed by atoms with van der Waals surface area (Å²) in [6, 6.07) is 5.23. The van der Waals surface area contributed by atoms with Crippen LogP contribution in [-0.2, 0) is 6.54 Å². The fraction of sp³-hybridized carbons (Fsp3) is 0.333. The van der Waals surface area contributed by atoms with Gasteiger partial charge in [0.1, 0.15) is 24.3 Å². The molecule has 0 aliphatic rings. The quantitative estimate of drug-likeness (QED) is 0.719. The van der Waals surface area contributed by atoms with Crippen LogP contribution >= 0.6 is 11.3 Å². The standard InChI is InChI=1S/C15H18FN3O3S/c1-10-19-12(9-23-10)6-17-15(21)18-7-13(20)8-22-14-4-2-3-11(16)5-14/h2-5,9,13,20H,6-8H2,1H3,(H2,17,18,21)/t13-/m1/s1. The number of hydrogen-bond donors (Lipinski definition) is 3. The molecule has 124 valence electrons. The SMILES string of the molecule is Cc1nc(CNC(=O)NC[C@@H](O)COc2cccc(F)c2)cs1. The van der Waals surface area contributed by atoms with Gasteiger partial charge in [0.2, 0.25) is 0 Å². The van der Waals surface area contributed by atoms with E-state index >= 15 is 0 Å². The lowest BCUT2D eigenvalue weighted by atomic mass is 10.3. The van der Waals surface area contributed by atoms with Crippen molar-refractivity contribution in [1.82, 2.24) is 15.6 Å². The molecule has 0 fully saturated rings. The van der Waals surface area contributed by atoms with Gasteiger partial charge in [0.15, 0.2) is 0 Å². The number of aliphatic hydroxyl groups excluding tert-OH is 1. The molecule has 2 rings (SSSR count). The van der Waals surface area contributed by atoms with Crippen molar-refractivity contribution in [3.8, 4) is 5.75 Å². The highest BCUT2D eigenvalue weighted by molar-refractivity contribution is 7.09. The van der Waals surface area contributed by atoms with Crippen molar-refractivity contribution in [2.45, 2.75) is 19.6 Å². The number of aromatic nitrogens is 1. The second-order valence-electron chi connectivity index (χ2n) is 4.84. The van der Waals surface area contributed by atoms with Crippen molar-refractivity contribution in [1.29, 1.82) is 0 Å². The summed E-state index contributed by atoms with van der Waals surface area (Å²) < 4.78 is 18.2. The number of amides is 2. The third-order valence-electron chi connectivity index (χ3n) is 2.83. The maximum Gasteiger partial charge on any atom is 0.315 e. The summed E-state index contributed by atoms with van der Waals surface area (Å²) in [5, 5.41) is 17.7. The molecule has 6 nitrogen and oxygen atoms in total. The Labute approximate surface area is 137 Å². The topological polar surface area (TPSA) is 83.5 Å². The number of halogens is 1. The molecule has 23 heavy (non-hydrogen) atoms. The van der Waals surface area contributed by atoms with Crippen LogP contribution in [-0.4, -0.2) is 35.4 Å². The average Bonchev–Trinajstić information content (AvgIpc) is 2.94. The number of urea groups is 1. The zero-order chi connectivity index (χ0) is 16.7. The van der Waals surface area contributed by atoms with Crippen molar-refractivity contribution in [3.05, 3.63) is 46.2 Å². The summed E-state index contributed by atoms with van der Waals surface area (Å²) in [6.45, 7) is 2.20. The van der Waals surface area contributed by atoms with E-state index < -0.39 is 18.0 Å². The maximum absolute atomic E-state index is 13.0. The minimum Gasteiger partial charge on any atom is -0.491 e. The van der Waals surface area contributed by atoms with Crippen molar-refractivity contribution in [2.75, 3.05) is 13.2 Å². The third-order valence-corrected chi connectivity index (χ3v) is 3.66. The molecular weight excluding hydrogens is 321 g/mol. The van der Waals surface area contributed by atoms with E-state index in [1.165, 1.54) is 29.5 Å². The van der Waals surface area contributed by atoms with Crippen LogP contribution in [0.25, 0.3) is 0 Å². The van der Waals surface area contributed by atoms with Gasteiger partial charge in [-0.2, -0.15) is 0 Å². The number of benzene rings is 1. The smallest absolute Gasteiger partial charge is 0.315 e. The Morgan fingerprint density at radius 2 is 2.30 bits per heavy atom. The van der Waals surface area contributed by atoms with E-state index in [1.54, 1.807) is 6.07 Å². The number of nitrogens with zero attached hydrogens (tertiary/aromatic N) is 1. The average molecular weight is 339 g/mol. The van der Waals surface area contributed by atoms with Crippen LogP contribution < -0.4 is 15.4 Å². The van der Waals surface area contributed by atoms with Crippen LogP contribution in [0, 0.1) is 12.7 Å². The van der Waals surface area contributed by atoms with Crippen LogP contribution in [0.2, 0.25) is 0 Å². The molecule has 0 aliphatic heterocycles. The molecule has 3 N–H and O–H groups in total. The second kappa shape index (κ2) is 8.44. The van der Waals surface area contributed by atoms with Gasteiger partial charge in [0.05, 0.1) is 17.2 Å². The number of nitrogens with one attached hydrogen (secondary N) is 2. The molecule has 0 spiro atoms. The van der Waals surface area contributed by atoms with Crippen LogP contribution in [0.4, 0.5) is 9.18 Å². The summed E-state index contributed by atoms with van der Waals surface area (Å²) in [7, 11) is 0. The summed E-state index contributed by atoms with van der Waals surface area (Å²) in [5.41, 5.74) is 0.789. The second-order valence-corrected chi connectivity index (χ2v) is 5.91. The van der Waals surface area contributed by atoms with Crippen LogP contribution in [0.5, 0.6) is 5.75 Å². The first-order valence-corrected chi connectivity index (χ1v) is 7.90. The van der Waals surface area contributed by atoms with Crippen molar-refractivity contribution in [3.63, 3.8) is 0 Å². The van der Waals surface area contributed by atoms with Crippen LogP contribution in [0.1, 0.15) is 10.7 Å². The number of aryl methyl sites for hydroxylation is 1. The van der Waals surface area contributed by atoms with Crippen LogP contribution in [0.3, 0.4) is 0 Å². The Morgan fingerprint density at radius 3 is 3.00 bits per heavy atom. The molecule has 0 saturated heterocycles. The molecule has 2 aromatic rings. The van der Waals surface area contributed by atoms with Gasteiger partial charge in [-0.1, -0.05) is 6.07 Å². The van der Waals surface area contributed by atoms with Crippen molar-refractivity contribution >= 4 is 17.4 Å². The summed E-state index contributed by atoms with van der Waals surface area (Å²) >= 11 is 1.51. The van der Waals surface area contributed by atoms with E-state index in [1.807, 2.05) is 12.3 Å². The minimum atomic E-state index is -0.898. The fourth-order valence-corrected chi connectivity index (χ4v) is 2.35. The highest BCUT2D eigenvalue weighted by Crippen LogP contribution is 2.12. The predicted molar refractivity (Wildman–Crippen MR) is 85.0 cm³/mol. The van der Waals surface area contributed by atoms with Crippen molar-refractivity contribution < 1.29 is 19.0 Å². The summed E-state index contributed by atoms with van der Waals surface area (Å²) in [6.07, 6.45) is -0.898. The van der Waals surface area contributed by atoms with Gasteiger partial charge in [-0.05, 0) is 19.1 Å². The van der Waals surface area contributed by atoms with E-state index in [-0.39, 0.29) is 13.2 Å². The molecule has 0 unspecified atom stereocenters. The zero-order valence-corrected chi connectivity index (χ0v) is 13.4. The normalized spacial score (nSPS) is 11.8. The first-order chi connectivity index (χ1) is 11.0. The first-order valence-electron chi connectivity index (χ1n) is 7.02. The van der Waals surface area contributed by atoms with Gasteiger partial charge in [-0.25, -0.2) is 14.2 Å². The lowest BCUT2D eigenvalue weighted by molar-refractivity contribution is 0.107. The molecule has 1 aromatic carbocycles. The fourth-order valence-electron chi connectivity index (χ4n) is 1.74. The summed E-state index contributed by atoms with van der Waals surface area (Å²) in [4.78, 5) is 15.8. The largest absolute Gasteiger partial charge is 0.491 e. The Kier molecular flexibility index (Phi) is 6.30. The Hall–Kier alpha value is -2.19. The molecule has 1 aromatic heterocycles.